The molecule has 1 rings (SSSR count). The van der Waals surface area contributed by atoms with Gasteiger partial charge in [0.05, 0.1) is 5.69 Å². The number of likely N-dealkylation sites (N-methyl/N-ethyl adjacent to an activating group) is 1. The Hall–Kier alpha value is -1.16. The number of benzene rings is 1. The molecule has 0 spiro atoms. The van der Waals surface area contributed by atoms with Gasteiger partial charge in [0.2, 0.25) is 0 Å². The van der Waals surface area contributed by atoms with Crippen LogP contribution in [0.2, 0.25) is 0 Å². The molecule has 17 heavy (non-hydrogen) atoms. The highest BCUT2D eigenvalue weighted by molar-refractivity contribution is 5.44. The van der Waals surface area contributed by atoms with Crippen molar-refractivity contribution in [2.75, 3.05) is 25.0 Å². The molecular weight excluding hydrogens is 222 g/mol. The van der Waals surface area contributed by atoms with E-state index in [4.69, 9.17) is 0 Å². The first-order valence-electron chi connectivity index (χ1n) is 5.93. The highest BCUT2D eigenvalue weighted by Crippen LogP contribution is 2.15. The van der Waals surface area contributed by atoms with Crippen LogP contribution in [-0.4, -0.2) is 30.6 Å². The lowest BCUT2D eigenvalue weighted by Gasteiger charge is -2.26. The number of hydrogen-bond acceptors (Lipinski definition) is 2. The van der Waals surface area contributed by atoms with Gasteiger partial charge in [-0.05, 0) is 32.1 Å². The van der Waals surface area contributed by atoms with E-state index in [1.54, 1.807) is 0 Å². The van der Waals surface area contributed by atoms with Crippen LogP contribution in [0.5, 0.6) is 0 Å². The summed E-state index contributed by atoms with van der Waals surface area (Å²) in [5, 5.41) is 2.91. The third-order valence-corrected chi connectivity index (χ3v) is 2.88. The summed E-state index contributed by atoms with van der Waals surface area (Å²) >= 11 is 0. The fourth-order valence-corrected chi connectivity index (χ4v) is 1.82. The minimum atomic E-state index is -0.543. The molecule has 0 bridgehead atoms. The van der Waals surface area contributed by atoms with Gasteiger partial charge in [-0.25, -0.2) is 8.78 Å². The lowest BCUT2D eigenvalue weighted by Crippen LogP contribution is -2.37. The summed E-state index contributed by atoms with van der Waals surface area (Å²) < 4.78 is 26.2. The zero-order chi connectivity index (χ0) is 12.8. The number of anilines is 1. The molecule has 0 aliphatic heterocycles. The van der Waals surface area contributed by atoms with Gasteiger partial charge in [0.15, 0.2) is 5.82 Å². The Kier molecular flexibility index (Phi) is 5.35. The second-order valence-electron chi connectivity index (χ2n) is 4.00. The molecule has 1 N–H and O–H groups in total. The summed E-state index contributed by atoms with van der Waals surface area (Å²) in [6, 6.07) is 4.65. The van der Waals surface area contributed by atoms with Crippen molar-refractivity contribution in [3.8, 4) is 0 Å². The standard InChI is InChI=1S/C13H19F2N2/c1-4-17(5-2)10(3)9-16-13-8-11(14)6-7-12(13)15/h6,8,10,16H,4-5,9H2,1-3H3. The Balaban J connectivity index is 2.57. The van der Waals surface area contributed by atoms with Crippen LogP contribution in [0.3, 0.4) is 0 Å². The van der Waals surface area contributed by atoms with Crippen LogP contribution < -0.4 is 5.32 Å². The summed E-state index contributed by atoms with van der Waals surface area (Å²) in [6.45, 7) is 8.68. The van der Waals surface area contributed by atoms with Crippen molar-refractivity contribution in [1.82, 2.24) is 4.90 Å². The van der Waals surface area contributed by atoms with Gasteiger partial charge in [0, 0.05) is 18.7 Å². The van der Waals surface area contributed by atoms with E-state index in [1.165, 1.54) is 0 Å². The SMILES string of the molecule is CCN(CC)C(C)CNc1cc(F)c[c]c1F. The van der Waals surface area contributed by atoms with Crippen molar-refractivity contribution in [2.24, 2.45) is 0 Å². The molecule has 0 saturated carbocycles. The van der Waals surface area contributed by atoms with E-state index in [0.29, 0.717) is 6.54 Å². The second kappa shape index (κ2) is 6.55. The second-order valence-corrected chi connectivity index (χ2v) is 4.00. The normalized spacial score (nSPS) is 12.8. The molecule has 0 aromatic heterocycles. The highest BCUT2D eigenvalue weighted by atomic mass is 19.1. The molecule has 2 nitrogen and oxygen atoms in total. The largest absolute Gasteiger partial charge is 0.381 e. The molecule has 0 saturated heterocycles. The molecule has 1 unspecified atom stereocenters. The first-order chi connectivity index (χ1) is 8.08. The Morgan fingerprint density at radius 3 is 2.59 bits per heavy atom. The molecule has 4 heteroatoms. The molecule has 0 fully saturated rings. The van der Waals surface area contributed by atoms with Crippen molar-refractivity contribution in [2.45, 2.75) is 26.8 Å². The van der Waals surface area contributed by atoms with Crippen LogP contribution in [0.25, 0.3) is 0 Å². The van der Waals surface area contributed by atoms with Crippen LogP contribution >= 0.6 is 0 Å². The van der Waals surface area contributed by atoms with Crippen LogP contribution in [0.15, 0.2) is 12.1 Å². The monoisotopic (exact) mass is 241 g/mol. The predicted octanol–water partition coefficient (Wildman–Crippen LogP) is 2.91. The number of halogens is 2. The molecule has 1 aromatic carbocycles. The van der Waals surface area contributed by atoms with Crippen molar-refractivity contribution in [3.63, 3.8) is 0 Å². The quantitative estimate of drug-likeness (QED) is 0.823. The van der Waals surface area contributed by atoms with Crippen LogP contribution in [0.1, 0.15) is 20.8 Å². The van der Waals surface area contributed by atoms with Crippen molar-refractivity contribution >= 4 is 5.69 Å². The van der Waals surface area contributed by atoms with Gasteiger partial charge < -0.3 is 5.32 Å². The van der Waals surface area contributed by atoms with E-state index < -0.39 is 11.6 Å². The number of rotatable bonds is 6. The first-order valence-corrected chi connectivity index (χ1v) is 5.93. The lowest BCUT2D eigenvalue weighted by atomic mass is 10.2. The summed E-state index contributed by atoms with van der Waals surface area (Å²) in [5.41, 5.74) is 0.170. The molecular formula is C13H19F2N2. The third-order valence-electron chi connectivity index (χ3n) is 2.88. The number of nitrogens with zero attached hydrogens (tertiary/aromatic N) is 1. The fourth-order valence-electron chi connectivity index (χ4n) is 1.82. The van der Waals surface area contributed by atoms with Crippen molar-refractivity contribution in [3.05, 3.63) is 29.8 Å². The van der Waals surface area contributed by atoms with Gasteiger partial charge >= 0.3 is 0 Å². The van der Waals surface area contributed by atoms with E-state index in [-0.39, 0.29) is 11.7 Å². The Labute approximate surface area is 102 Å². The highest BCUT2D eigenvalue weighted by Gasteiger charge is 2.11. The Morgan fingerprint density at radius 1 is 1.35 bits per heavy atom. The van der Waals surface area contributed by atoms with Gasteiger partial charge in [0.1, 0.15) is 5.82 Å². The average molecular weight is 241 g/mol. The molecule has 0 amide bonds. The van der Waals surface area contributed by atoms with E-state index >= 15 is 0 Å². The Bertz CT molecular complexity index is 351. The maximum absolute atomic E-state index is 13.3. The lowest BCUT2D eigenvalue weighted by molar-refractivity contribution is 0.240. The van der Waals surface area contributed by atoms with Gasteiger partial charge in [-0.1, -0.05) is 13.8 Å². The van der Waals surface area contributed by atoms with Crippen molar-refractivity contribution in [1.29, 1.82) is 0 Å². The minimum Gasteiger partial charge on any atom is -0.381 e. The third kappa shape index (κ3) is 3.97. The first kappa shape index (κ1) is 13.9. The summed E-state index contributed by atoms with van der Waals surface area (Å²) in [4.78, 5) is 2.24. The summed E-state index contributed by atoms with van der Waals surface area (Å²) in [7, 11) is 0. The van der Waals surface area contributed by atoms with E-state index in [9.17, 15) is 8.78 Å². The molecule has 0 aliphatic carbocycles. The molecule has 1 aromatic rings. The minimum absolute atomic E-state index is 0.170. The molecule has 1 atom stereocenters. The zero-order valence-electron chi connectivity index (χ0n) is 10.6. The fraction of sp³-hybridized carbons (Fsp3) is 0.538. The molecule has 95 valence electrons. The van der Waals surface area contributed by atoms with Crippen molar-refractivity contribution < 1.29 is 8.78 Å². The van der Waals surface area contributed by atoms with Crippen LogP contribution in [0, 0.1) is 17.7 Å². The molecule has 1 radical (unpaired) electrons. The van der Waals surface area contributed by atoms with Gasteiger partial charge in [0.25, 0.3) is 0 Å². The molecule has 0 aliphatic rings. The van der Waals surface area contributed by atoms with Crippen LogP contribution in [0.4, 0.5) is 14.5 Å². The number of nitrogens with one attached hydrogen (secondary N) is 1. The van der Waals surface area contributed by atoms with E-state index in [2.05, 4.69) is 37.1 Å². The summed E-state index contributed by atoms with van der Waals surface area (Å²) in [5.74, 6) is -1.03. The van der Waals surface area contributed by atoms with Gasteiger partial charge in [-0.15, -0.1) is 0 Å². The van der Waals surface area contributed by atoms with E-state index in [1.807, 2.05) is 0 Å². The maximum atomic E-state index is 13.3. The smallest absolute Gasteiger partial charge is 0.154 e. The predicted molar refractivity (Wildman–Crippen MR) is 66.1 cm³/mol. The van der Waals surface area contributed by atoms with Gasteiger partial charge in [-0.3, -0.25) is 4.90 Å². The maximum Gasteiger partial charge on any atom is 0.154 e. The van der Waals surface area contributed by atoms with Crippen LogP contribution in [-0.2, 0) is 0 Å². The van der Waals surface area contributed by atoms with E-state index in [0.717, 1.165) is 25.2 Å². The number of hydrogen-bond donors (Lipinski definition) is 1. The van der Waals surface area contributed by atoms with Gasteiger partial charge in [-0.2, -0.15) is 0 Å². The topological polar surface area (TPSA) is 15.3 Å². The zero-order valence-corrected chi connectivity index (χ0v) is 10.6. The molecule has 0 heterocycles. The average Bonchev–Trinajstić information content (AvgIpc) is 2.32. The Morgan fingerprint density at radius 2 is 2.00 bits per heavy atom. The summed E-state index contributed by atoms with van der Waals surface area (Å²) in [6.07, 6.45) is 0.